The lowest BCUT2D eigenvalue weighted by Gasteiger charge is -2.13. The second kappa shape index (κ2) is 7.93. The number of nitrogens with zero attached hydrogens (tertiary/aromatic N) is 2. The van der Waals surface area contributed by atoms with Crippen molar-refractivity contribution in [3.63, 3.8) is 0 Å². The van der Waals surface area contributed by atoms with E-state index in [9.17, 15) is 0 Å². The van der Waals surface area contributed by atoms with Gasteiger partial charge in [-0.2, -0.15) is 0 Å². The topological polar surface area (TPSA) is 53.1 Å². The number of ether oxygens (including phenoxy) is 1. The third-order valence-electron chi connectivity index (χ3n) is 3.17. The Labute approximate surface area is 115 Å². The lowest BCUT2D eigenvalue weighted by atomic mass is 10.0. The highest BCUT2D eigenvalue weighted by atomic mass is 35.5. The van der Waals surface area contributed by atoms with Crippen LogP contribution in [0.4, 0.5) is 0 Å². The molecule has 1 aromatic rings. The van der Waals surface area contributed by atoms with Gasteiger partial charge >= 0.3 is 0 Å². The lowest BCUT2D eigenvalue weighted by molar-refractivity contribution is 0.186. The van der Waals surface area contributed by atoms with E-state index in [4.69, 9.17) is 10.5 Å². The van der Waals surface area contributed by atoms with Crippen LogP contribution in [0.3, 0.4) is 0 Å². The molecule has 2 atom stereocenters. The SMILES string of the molecule is COCCn1cncc1[C@@H]1CC[C@@H](N)C1.Cl.Cl. The third-order valence-corrected chi connectivity index (χ3v) is 3.17. The van der Waals surface area contributed by atoms with E-state index in [1.807, 2.05) is 12.5 Å². The predicted octanol–water partition coefficient (Wildman–Crippen LogP) is 1.97. The van der Waals surface area contributed by atoms with Crippen molar-refractivity contribution in [3.05, 3.63) is 18.2 Å². The van der Waals surface area contributed by atoms with Crippen molar-refractivity contribution < 1.29 is 4.74 Å². The summed E-state index contributed by atoms with van der Waals surface area (Å²) < 4.78 is 7.27. The van der Waals surface area contributed by atoms with Gasteiger partial charge in [0.2, 0.25) is 0 Å². The zero-order chi connectivity index (χ0) is 10.7. The minimum atomic E-state index is 0. The summed E-state index contributed by atoms with van der Waals surface area (Å²) in [7, 11) is 1.72. The summed E-state index contributed by atoms with van der Waals surface area (Å²) >= 11 is 0. The number of aromatic nitrogens is 2. The number of hydrogen-bond acceptors (Lipinski definition) is 3. The van der Waals surface area contributed by atoms with Crippen LogP contribution in [0, 0.1) is 0 Å². The summed E-state index contributed by atoms with van der Waals surface area (Å²) in [5, 5.41) is 0. The fourth-order valence-corrected chi connectivity index (χ4v) is 2.33. The molecule has 1 aliphatic rings. The van der Waals surface area contributed by atoms with E-state index < -0.39 is 0 Å². The Balaban J connectivity index is 0.00000128. The first-order valence-corrected chi connectivity index (χ1v) is 5.56. The van der Waals surface area contributed by atoms with Gasteiger partial charge in [0, 0.05) is 37.5 Å². The first kappa shape index (κ1) is 16.7. The molecule has 1 aromatic heterocycles. The molecule has 0 bridgehead atoms. The van der Waals surface area contributed by atoms with Crippen molar-refractivity contribution in [1.29, 1.82) is 0 Å². The predicted molar refractivity (Wildman–Crippen MR) is 73.2 cm³/mol. The van der Waals surface area contributed by atoms with Crippen LogP contribution in [0.25, 0.3) is 0 Å². The van der Waals surface area contributed by atoms with Gasteiger partial charge < -0.3 is 15.0 Å². The molecule has 4 nitrogen and oxygen atoms in total. The molecule has 1 saturated carbocycles. The maximum atomic E-state index is 5.93. The molecule has 100 valence electrons. The van der Waals surface area contributed by atoms with Crippen molar-refractivity contribution >= 4 is 24.8 Å². The molecule has 0 saturated heterocycles. The van der Waals surface area contributed by atoms with Crippen molar-refractivity contribution in [2.45, 2.75) is 37.8 Å². The molecule has 0 spiro atoms. The van der Waals surface area contributed by atoms with Crippen molar-refractivity contribution in [2.24, 2.45) is 5.73 Å². The first-order valence-electron chi connectivity index (χ1n) is 5.56. The lowest BCUT2D eigenvalue weighted by Crippen LogP contribution is -2.15. The van der Waals surface area contributed by atoms with E-state index in [0.29, 0.717) is 12.0 Å². The number of rotatable bonds is 4. The highest BCUT2D eigenvalue weighted by Crippen LogP contribution is 2.33. The number of methoxy groups -OCH3 is 1. The highest BCUT2D eigenvalue weighted by Gasteiger charge is 2.25. The highest BCUT2D eigenvalue weighted by molar-refractivity contribution is 5.85. The third kappa shape index (κ3) is 4.14. The van der Waals surface area contributed by atoms with Gasteiger partial charge in [-0.05, 0) is 19.3 Å². The quantitative estimate of drug-likeness (QED) is 0.918. The minimum Gasteiger partial charge on any atom is -0.383 e. The second-order valence-electron chi connectivity index (χ2n) is 4.27. The number of imidazole rings is 1. The van der Waals surface area contributed by atoms with E-state index in [-0.39, 0.29) is 24.8 Å². The largest absolute Gasteiger partial charge is 0.383 e. The van der Waals surface area contributed by atoms with E-state index in [2.05, 4.69) is 9.55 Å². The van der Waals surface area contributed by atoms with Crippen LogP contribution < -0.4 is 5.73 Å². The summed E-state index contributed by atoms with van der Waals surface area (Å²) in [6.45, 7) is 1.62. The Morgan fingerprint density at radius 1 is 1.47 bits per heavy atom. The fraction of sp³-hybridized carbons (Fsp3) is 0.727. The summed E-state index contributed by atoms with van der Waals surface area (Å²) in [5.74, 6) is 0.597. The second-order valence-corrected chi connectivity index (χ2v) is 4.27. The van der Waals surface area contributed by atoms with Gasteiger partial charge in [-0.3, -0.25) is 0 Å². The van der Waals surface area contributed by atoms with Gasteiger partial charge in [0.05, 0.1) is 12.9 Å². The molecule has 2 N–H and O–H groups in total. The van der Waals surface area contributed by atoms with E-state index in [1.165, 1.54) is 12.1 Å². The van der Waals surface area contributed by atoms with Crippen LogP contribution in [-0.4, -0.2) is 29.3 Å². The summed E-state index contributed by atoms with van der Waals surface area (Å²) in [4.78, 5) is 4.21. The molecule has 0 aliphatic heterocycles. The van der Waals surface area contributed by atoms with Gasteiger partial charge in [0.15, 0.2) is 0 Å². The van der Waals surface area contributed by atoms with Crippen LogP contribution in [0.15, 0.2) is 12.5 Å². The molecule has 17 heavy (non-hydrogen) atoms. The van der Waals surface area contributed by atoms with E-state index in [1.54, 1.807) is 7.11 Å². The molecule has 1 fully saturated rings. The van der Waals surface area contributed by atoms with E-state index >= 15 is 0 Å². The van der Waals surface area contributed by atoms with E-state index in [0.717, 1.165) is 26.0 Å². The Bertz CT molecular complexity index is 319. The molecule has 0 aromatic carbocycles. The van der Waals surface area contributed by atoms with Crippen molar-refractivity contribution in [2.75, 3.05) is 13.7 Å². The molecule has 0 radical (unpaired) electrons. The Morgan fingerprint density at radius 3 is 2.82 bits per heavy atom. The number of hydrogen-bond donors (Lipinski definition) is 1. The maximum Gasteiger partial charge on any atom is 0.0949 e. The Kier molecular flexibility index (Phi) is 7.79. The van der Waals surface area contributed by atoms with Gasteiger partial charge in [-0.25, -0.2) is 4.98 Å². The van der Waals surface area contributed by atoms with Crippen LogP contribution in [0.5, 0.6) is 0 Å². The maximum absolute atomic E-state index is 5.93. The standard InChI is InChI=1S/C11H19N3O.2ClH/c1-15-5-4-14-8-13-7-11(14)9-2-3-10(12)6-9;;/h7-10H,2-6,12H2,1H3;2*1H/t9-,10-;;/m1../s1. The van der Waals surface area contributed by atoms with Crippen LogP contribution in [-0.2, 0) is 11.3 Å². The molecular weight excluding hydrogens is 261 g/mol. The van der Waals surface area contributed by atoms with Crippen molar-refractivity contribution in [1.82, 2.24) is 9.55 Å². The van der Waals surface area contributed by atoms with Crippen LogP contribution in [0.1, 0.15) is 30.9 Å². The molecule has 1 aliphatic carbocycles. The van der Waals surface area contributed by atoms with Gasteiger partial charge in [-0.15, -0.1) is 24.8 Å². The Morgan fingerprint density at radius 2 is 2.24 bits per heavy atom. The van der Waals surface area contributed by atoms with Crippen molar-refractivity contribution in [3.8, 4) is 0 Å². The molecule has 6 heteroatoms. The van der Waals surface area contributed by atoms with Gasteiger partial charge in [0.25, 0.3) is 0 Å². The summed E-state index contributed by atoms with van der Waals surface area (Å²) in [6, 6.07) is 0.376. The molecular formula is C11H21Cl2N3O. The first-order chi connectivity index (χ1) is 7.31. The molecule has 2 rings (SSSR count). The molecule has 0 unspecified atom stereocenters. The monoisotopic (exact) mass is 281 g/mol. The minimum absolute atomic E-state index is 0. The zero-order valence-corrected chi connectivity index (χ0v) is 11.7. The van der Waals surface area contributed by atoms with Crippen LogP contribution >= 0.6 is 24.8 Å². The average Bonchev–Trinajstić information content (AvgIpc) is 2.82. The van der Waals surface area contributed by atoms with Gasteiger partial charge in [-0.1, -0.05) is 0 Å². The Hall–Kier alpha value is -0.290. The number of halogens is 2. The summed E-state index contributed by atoms with van der Waals surface area (Å²) in [6.07, 6.45) is 7.29. The summed E-state index contributed by atoms with van der Waals surface area (Å²) in [5.41, 5.74) is 7.25. The smallest absolute Gasteiger partial charge is 0.0949 e. The normalized spacial score (nSPS) is 22.9. The fourth-order valence-electron chi connectivity index (χ4n) is 2.33. The molecule has 0 amide bonds. The van der Waals surface area contributed by atoms with Crippen LogP contribution in [0.2, 0.25) is 0 Å². The number of nitrogens with two attached hydrogens (primary N) is 1. The average molecular weight is 282 g/mol. The molecule has 1 heterocycles. The zero-order valence-electron chi connectivity index (χ0n) is 10.0. The van der Waals surface area contributed by atoms with Gasteiger partial charge in [0.1, 0.15) is 0 Å².